The average Bonchev–Trinajstić information content (AvgIpc) is 2.76. The summed E-state index contributed by atoms with van der Waals surface area (Å²) in [5, 5.41) is 0.740. The molecule has 2 atom stereocenters. The van der Waals surface area contributed by atoms with Crippen molar-refractivity contribution in [3.8, 4) is 0 Å². The zero-order chi connectivity index (χ0) is 16.9. The number of nitrogens with zero attached hydrogens (tertiary/aromatic N) is 2. The molecule has 0 radical (unpaired) electrons. The number of rotatable bonds is 2. The molecule has 1 aliphatic heterocycles. The lowest BCUT2D eigenvalue weighted by Crippen LogP contribution is -2.53. The summed E-state index contributed by atoms with van der Waals surface area (Å²) >= 11 is 1.60. The van der Waals surface area contributed by atoms with Crippen LogP contribution in [0.25, 0.3) is 10.2 Å². The van der Waals surface area contributed by atoms with Gasteiger partial charge in [-0.05, 0) is 38.2 Å². The van der Waals surface area contributed by atoms with Gasteiger partial charge in [0.25, 0.3) is 5.56 Å². The van der Waals surface area contributed by atoms with E-state index in [0.717, 1.165) is 46.0 Å². The molecule has 0 aliphatic carbocycles. The van der Waals surface area contributed by atoms with E-state index in [1.54, 1.807) is 11.3 Å². The third kappa shape index (κ3) is 2.84. The van der Waals surface area contributed by atoms with E-state index in [1.165, 1.54) is 0 Å². The fraction of sp³-hybridized carbons (Fsp3) is 0.647. The molecule has 1 saturated heterocycles. The van der Waals surface area contributed by atoms with Crippen molar-refractivity contribution in [2.24, 2.45) is 11.1 Å². The first kappa shape index (κ1) is 16.6. The largest absolute Gasteiger partial charge is 0.327 e. The Balaban J connectivity index is 1.95. The first-order chi connectivity index (χ1) is 10.7. The van der Waals surface area contributed by atoms with Crippen molar-refractivity contribution in [2.45, 2.75) is 53.1 Å². The highest BCUT2D eigenvalue weighted by molar-refractivity contribution is 7.18. The first-order valence-corrected chi connectivity index (χ1v) is 9.02. The molecule has 23 heavy (non-hydrogen) atoms. The van der Waals surface area contributed by atoms with Gasteiger partial charge in [-0.25, -0.2) is 4.98 Å². The minimum atomic E-state index is -0.0216. The number of fused-ring (bicyclic) bond motifs is 1. The molecule has 5 nitrogen and oxygen atoms in total. The van der Waals surface area contributed by atoms with E-state index in [0.29, 0.717) is 0 Å². The van der Waals surface area contributed by atoms with Crippen molar-refractivity contribution in [1.29, 1.82) is 0 Å². The van der Waals surface area contributed by atoms with Crippen LogP contribution in [0.3, 0.4) is 0 Å². The van der Waals surface area contributed by atoms with Gasteiger partial charge in [-0.3, -0.25) is 9.69 Å². The minimum Gasteiger partial charge on any atom is -0.327 e. The molecular weight excluding hydrogens is 308 g/mol. The molecule has 3 N–H and O–H groups in total. The molecule has 3 rings (SSSR count). The Morgan fingerprint density at radius 1 is 1.43 bits per heavy atom. The number of aryl methyl sites for hydroxylation is 2. The summed E-state index contributed by atoms with van der Waals surface area (Å²) in [6, 6.07) is 0.310. The zero-order valence-corrected chi connectivity index (χ0v) is 15.4. The van der Waals surface area contributed by atoms with Crippen LogP contribution in [-0.4, -0.2) is 34.0 Å². The van der Waals surface area contributed by atoms with Crippen LogP contribution in [0.15, 0.2) is 4.79 Å². The molecule has 2 unspecified atom stereocenters. The second-order valence-corrected chi connectivity index (χ2v) is 8.65. The van der Waals surface area contributed by atoms with E-state index in [9.17, 15) is 4.79 Å². The van der Waals surface area contributed by atoms with Gasteiger partial charge in [0.1, 0.15) is 10.7 Å². The second kappa shape index (κ2) is 5.69. The monoisotopic (exact) mass is 334 g/mol. The highest BCUT2D eigenvalue weighted by Gasteiger charge is 2.36. The quantitative estimate of drug-likeness (QED) is 0.885. The highest BCUT2D eigenvalue weighted by atomic mass is 32.1. The van der Waals surface area contributed by atoms with Gasteiger partial charge in [0, 0.05) is 24.0 Å². The molecule has 1 aliphatic rings. The fourth-order valence-electron chi connectivity index (χ4n) is 3.39. The number of hydrogen-bond donors (Lipinski definition) is 2. The number of nitrogens with two attached hydrogens (primary N) is 1. The van der Waals surface area contributed by atoms with Gasteiger partial charge in [0.2, 0.25) is 0 Å². The van der Waals surface area contributed by atoms with E-state index in [4.69, 9.17) is 10.7 Å². The van der Waals surface area contributed by atoms with Crippen LogP contribution in [0.1, 0.15) is 49.5 Å². The molecule has 0 saturated carbocycles. The topological polar surface area (TPSA) is 75.0 Å². The third-order valence-electron chi connectivity index (χ3n) is 5.34. The van der Waals surface area contributed by atoms with Crippen molar-refractivity contribution >= 4 is 21.6 Å². The molecule has 3 heterocycles. The number of thiophene rings is 1. The zero-order valence-electron chi connectivity index (χ0n) is 14.6. The summed E-state index contributed by atoms with van der Waals surface area (Å²) in [6.45, 7) is 12.4. The van der Waals surface area contributed by atoms with Gasteiger partial charge < -0.3 is 10.7 Å². The number of aromatic amines is 1. The van der Waals surface area contributed by atoms with Crippen molar-refractivity contribution in [3.63, 3.8) is 0 Å². The molecule has 1 fully saturated rings. The van der Waals surface area contributed by atoms with Crippen LogP contribution >= 0.6 is 11.3 Å². The maximum Gasteiger partial charge on any atom is 0.259 e. The van der Waals surface area contributed by atoms with Crippen LogP contribution in [0.5, 0.6) is 0 Å². The summed E-state index contributed by atoms with van der Waals surface area (Å²) in [4.78, 5) is 24.6. The number of piperidine rings is 1. The van der Waals surface area contributed by atoms with E-state index in [1.807, 2.05) is 13.8 Å². The van der Waals surface area contributed by atoms with Gasteiger partial charge >= 0.3 is 0 Å². The third-order valence-corrected chi connectivity index (χ3v) is 6.44. The summed E-state index contributed by atoms with van der Waals surface area (Å²) in [7, 11) is 0. The standard InChI is InChI=1S/C17H26N4OS/c1-9-11(3)23-16-13(9)15(22)19-14(20-16)10(2)21-7-6-12(18)17(4,5)8-21/h10,12H,6-8,18H2,1-5H3,(H,19,20,22). The molecule has 126 valence electrons. The summed E-state index contributed by atoms with van der Waals surface area (Å²) in [5.41, 5.74) is 7.33. The van der Waals surface area contributed by atoms with Gasteiger partial charge in [-0.2, -0.15) is 0 Å². The van der Waals surface area contributed by atoms with Crippen LogP contribution in [-0.2, 0) is 0 Å². The molecular formula is C17H26N4OS. The van der Waals surface area contributed by atoms with Gasteiger partial charge in [-0.1, -0.05) is 13.8 Å². The molecule has 0 spiro atoms. The molecule has 0 aromatic carbocycles. The SMILES string of the molecule is Cc1sc2nc(C(C)N3CCC(N)C(C)(C)C3)[nH]c(=O)c2c1C. The Hall–Kier alpha value is -1.24. The number of nitrogens with one attached hydrogen (secondary N) is 1. The molecule has 2 aromatic rings. The molecule has 0 bridgehead atoms. The Kier molecular flexibility index (Phi) is 4.11. The molecule has 0 amide bonds. The molecule has 6 heteroatoms. The van der Waals surface area contributed by atoms with Crippen molar-refractivity contribution in [3.05, 3.63) is 26.6 Å². The fourth-order valence-corrected chi connectivity index (χ4v) is 4.43. The van der Waals surface area contributed by atoms with E-state index in [2.05, 4.69) is 30.7 Å². The lowest BCUT2D eigenvalue weighted by molar-refractivity contribution is 0.0636. The van der Waals surface area contributed by atoms with Gasteiger partial charge in [-0.15, -0.1) is 11.3 Å². The molecule has 2 aromatic heterocycles. The first-order valence-electron chi connectivity index (χ1n) is 8.20. The summed E-state index contributed by atoms with van der Waals surface area (Å²) in [6.07, 6.45) is 0.973. The normalized spacial score (nSPS) is 23.3. The van der Waals surface area contributed by atoms with Crippen molar-refractivity contribution in [1.82, 2.24) is 14.9 Å². The van der Waals surface area contributed by atoms with Crippen molar-refractivity contribution < 1.29 is 0 Å². The predicted octanol–water partition coefficient (Wildman–Crippen LogP) is 2.72. The Morgan fingerprint density at radius 3 is 2.78 bits per heavy atom. The number of likely N-dealkylation sites (tertiary alicyclic amines) is 1. The summed E-state index contributed by atoms with van der Waals surface area (Å²) < 4.78 is 0. The van der Waals surface area contributed by atoms with Crippen LogP contribution in [0.2, 0.25) is 0 Å². The Morgan fingerprint density at radius 2 is 2.13 bits per heavy atom. The number of H-pyrrole nitrogens is 1. The van der Waals surface area contributed by atoms with Crippen LogP contribution in [0.4, 0.5) is 0 Å². The highest BCUT2D eigenvalue weighted by Crippen LogP contribution is 2.33. The van der Waals surface area contributed by atoms with E-state index < -0.39 is 0 Å². The van der Waals surface area contributed by atoms with E-state index >= 15 is 0 Å². The lowest BCUT2D eigenvalue weighted by atomic mass is 9.79. The maximum absolute atomic E-state index is 12.5. The van der Waals surface area contributed by atoms with Crippen LogP contribution < -0.4 is 11.3 Å². The average molecular weight is 334 g/mol. The maximum atomic E-state index is 12.5. The Labute approximate surface area is 140 Å². The van der Waals surface area contributed by atoms with E-state index in [-0.39, 0.29) is 23.1 Å². The van der Waals surface area contributed by atoms with Gasteiger partial charge in [0.15, 0.2) is 0 Å². The number of aromatic nitrogens is 2. The smallest absolute Gasteiger partial charge is 0.259 e. The van der Waals surface area contributed by atoms with Crippen LogP contribution in [0, 0.1) is 19.3 Å². The number of hydrogen-bond acceptors (Lipinski definition) is 5. The minimum absolute atomic E-state index is 0.0216. The second-order valence-electron chi connectivity index (χ2n) is 7.44. The lowest BCUT2D eigenvalue weighted by Gasteiger charge is -2.44. The van der Waals surface area contributed by atoms with Gasteiger partial charge in [0.05, 0.1) is 11.4 Å². The Bertz CT molecular complexity index is 792. The predicted molar refractivity (Wildman–Crippen MR) is 96.1 cm³/mol. The summed E-state index contributed by atoms with van der Waals surface area (Å²) in [5.74, 6) is 0.759. The van der Waals surface area contributed by atoms with Crippen molar-refractivity contribution in [2.75, 3.05) is 13.1 Å².